The van der Waals surface area contributed by atoms with Gasteiger partial charge in [0.05, 0.1) is 0 Å². The van der Waals surface area contributed by atoms with E-state index in [2.05, 4.69) is 9.98 Å². The highest BCUT2D eigenvalue weighted by atomic mass is 14.9. The van der Waals surface area contributed by atoms with Crippen molar-refractivity contribution in [3.05, 3.63) is 0 Å². The maximum absolute atomic E-state index is 4.15. The summed E-state index contributed by atoms with van der Waals surface area (Å²) in [5.41, 5.74) is 1.21. The Kier molecular flexibility index (Phi) is 4.81. The van der Waals surface area contributed by atoms with Gasteiger partial charge in [-0.15, -0.1) is 0 Å². The van der Waals surface area contributed by atoms with E-state index in [9.17, 15) is 0 Å². The molecule has 58 valence electrons. The zero-order valence-electron chi connectivity index (χ0n) is 7.31. The minimum Gasteiger partial charge on any atom is -0.270 e. The van der Waals surface area contributed by atoms with Crippen LogP contribution in [-0.4, -0.2) is 18.1 Å². The first-order chi connectivity index (χ1) is 4.79. The van der Waals surface area contributed by atoms with Crippen molar-refractivity contribution in [2.75, 3.05) is 6.54 Å². The van der Waals surface area contributed by atoms with Crippen LogP contribution in [0.1, 0.15) is 34.1 Å². The predicted molar refractivity (Wildman–Crippen MR) is 47.1 cm³/mol. The smallest absolute Gasteiger partial charge is 0.120 e. The minimum atomic E-state index is 0.925. The van der Waals surface area contributed by atoms with Crippen LogP contribution in [0.2, 0.25) is 0 Å². The Hall–Kier alpha value is -0.660. The second-order valence-electron chi connectivity index (χ2n) is 2.03. The van der Waals surface area contributed by atoms with Gasteiger partial charge < -0.3 is 0 Å². The Balaban J connectivity index is 0.000000371. The van der Waals surface area contributed by atoms with Crippen molar-refractivity contribution in [2.45, 2.75) is 34.1 Å². The lowest BCUT2D eigenvalue weighted by Crippen LogP contribution is -2.05. The number of aliphatic imine (C=N–C) groups is 2. The molecule has 0 atom stereocenters. The lowest BCUT2D eigenvalue weighted by Gasteiger charge is -2.03. The van der Waals surface area contributed by atoms with Crippen molar-refractivity contribution >= 4 is 11.5 Å². The van der Waals surface area contributed by atoms with Crippen molar-refractivity contribution < 1.29 is 0 Å². The van der Waals surface area contributed by atoms with Crippen molar-refractivity contribution in [2.24, 2.45) is 9.98 Å². The van der Waals surface area contributed by atoms with E-state index in [1.807, 2.05) is 27.7 Å². The van der Waals surface area contributed by atoms with Gasteiger partial charge in [-0.05, 0) is 13.8 Å². The van der Waals surface area contributed by atoms with Crippen molar-refractivity contribution in [1.82, 2.24) is 0 Å². The Labute approximate surface area is 63.1 Å². The molecule has 0 fully saturated rings. The molecule has 0 saturated heterocycles. The SMILES string of the molecule is CC.CC1=NC(C)=NCC1. The fourth-order valence-electron chi connectivity index (χ4n) is 0.747. The Bertz CT molecular complexity index is 145. The molecule has 1 rings (SSSR count). The quantitative estimate of drug-likeness (QED) is 0.493. The minimum absolute atomic E-state index is 0.925. The van der Waals surface area contributed by atoms with Crippen LogP contribution in [0.5, 0.6) is 0 Å². The third kappa shape index (κ3) is 3.38. The van der Waals surface area contributed by atoms with Crippen LogP contribution in [0.4, 0.5) is 0 Å². The van der Waals surface area contributed by atoms with Gasteiger partial charge in [0.25, 0.3) is 0 Å². The number of rotatable bonds is 0. The normalized spacial score (nSPS) is 16.4. The van der Waals surface area contributed by atoms with E-state index >= 15 is 0 Å². The fraction of sp³-hybridized carbons (Fsp3) is 0.750. The lowest BCUT2D eigenvalue weighted by atomic mass is 10.3. The Morgan fingerprint density at radius 2 is 1.80 bits per heavy atom. The van der Waals surface area contributed by atoms with Crippen molar-refractivity contribution in [3.63, 3.8) is 0 Å². The summed E-state index contributed by atoms with van der Waals surface area (Å²) in [5.74, 6) is 0.925. The molecule has 0 aliphatic carbocycles. The van der Waals surface area contributed by atoms with Crippen LogP contribution in [0.25, 0.3) is 0 Å². The van der Waals surface area contributed by atoms with Crippen LogP contribution < -0.4 is 0 Å². The number of hydrogen-bond donors (Lipinski definition) is 0. The van der Waals surface area contributed by atoms with E-state index in [1.165, 1.54) is 5.71 Å². The van der Waals surface area contributed by atoms with Gasteiger partial charge in [-0.2, -0.15) is 0 Å². The molecular weight excluding hydrogens is 124 g/mol. The van der Waals surface area contributed by atoms with E-state index in [0.717, 1.165) is 18.8 Å². The molecule has 0 aromatic rings. The fourth-order valence-corrected chi connectivity index (χ4v) is 0.747. The Morgan fingerprint density at radius 3 is 2.10 bits per heavy atom. The first-order valence-electron chi connectivity index (χ1n) is 3.84. The van der Waals surface area contributed by atoms with Crippen LogP contribution in [0.3, 0.4) is 0 Å². The highest BCUT2D eigenvalue weighted by Crippen LogP contribution is 1.96. The molecule has 0 unspecified atom stereocenters. The maximum Gasteiger partial charge on any atom is 0.120 e. The third-order valence-electron chi connectivity index (χ3n) is 1.17. The van der Waals surface area contributed by atoms with Gasteiger partial charge in [0, 0.05) is 18.7 Å². The summed E-state index contributed by atoms with van der Waals surface area (Å²) in [5, 5.41) is 0. The molecule has 0 saturated carbocycles. The summed E-state index contributed by atoms with van der Waals surface area (Å²) in [6.45, 7) is 8.90. The molecule has 1 heterocycles. The van der Waals surface area contributed by atoms with Gasteiger partial charge in [-0.1, -0.05) is 13.8 Å². The molecule has 10 heavy (non-hydrogen) atoms. The second kappa shape index (κ2) is 5.15. The molecule has 0 spiro atoms. The molecule has 0 bridgehead atoms. The molecule has 0 amide bonds. The van der Waals surface area contributed by atoms with Crippen LogP contribution >= 0.6 is 0 Å². The van der Waals surface area contributed by atoms with Gasteiger partial charge in [-0.3, -0.25) is 4.99 Å². The van der Waals surface area contributed by atoms with Gasteiger partial charge in [0.1, 0.15) is 5.84 Å². The lowest BCUT2D eigenvalue weighted by molar-refractivity contribution is 1.00. The molecule has 0 radical (unpaired) electrons. The van der Waals surface area contributed by atoms with E-state index in [1.54, 1.807) is 0 Å². The van der Waals surface area contributed by atoms with Gasteiger partial charge >= 0.3 is 0 Å². The zero-order valence-corrected chi connectivity index (χ0v) is 7.31. The molecule has 2 nitrogen and oxygen atoms in total. The largest absolute Gasteiger partial charge is 0.270 e. The number of amidine groups is 1. The third-order valence-corrected chi connectivity index (χ3v) is 1.17. The molecule has 2 heteroatoms. The highest BCUT2D eigenvalue weighted by molar-refractivity contribution is 5.97. The van der Waals surface area contributed by atoms with Crippen LogP contribution in [0, 0.1) is 0 Å². The monoisotopic (exact) mass is 140 g/mol. The van der Waals surface area contributed by atoms with Gasteiger partial charge in [0.2, 0.25) is 0 Å². The molecule has 0 N–H and O–H groups in total. The average Bonchev–Trinajstić information content (AvgIpc) is 1.91. The van der Waals surface area contributed by atoms with Gasteiger partial charge in [0.15, 0.2) is 0 Å². The number of hydrogen-bond acceptors (Lipinski definition) is 2. The zero-order chi connectivity index (χ0) is 7.98. The molecule has 1 aliphatic heterocycles. The summed E-state index contributed by atoms with van der Waals surface area (Å²) in [6.07, 6.45) is 1.04. The summed E-state index contributed by atoms with van der Waals surface area (Å²) in [6, 6.07) is 0. The average molecular weight is 140 g/mol. The van der Waals surface area contributed by atoms with E-state index in [4.69, 9.17) is 0 Å². The van der Waals surface area contributed by atoms with E-state index < -0.39 is 0 Å². The van der Waals surface area contributed by atoms with E-state index in [-0.39, 0.29) is 0 Å². The molecule has 0 aromatic carbocycles. The molecule has 0 aromatic heterocycles. The maximum atomic E-state index is 4.15. The van der Waals surface area contributed by atoms with Crippen molar-refractivity contribution in [1.29, 1.82) is 0 Å². The number of nitrogens with zero attached hydrogens (tertiary/aromatic N) is 2. The van der Waals surface area contributed by atoms with Crippen LogP contribution in [0.15, 0.2) is 9.98 Å². The first kappa shape index (κ1) is 9.34. The standard InChI is InChI=1S/C6H10N2.C2H6/c1-5-3-4-7-6(2)8-5;1-2/h3-4H2,1-2H3;1-2H3. The van der Waals surface area contributed by atoms with E-state index in [0.29, 0.717) is 0 Å². The molecule has 1 aliphatic rings. The molecular formula is C8H16N2. The van der Waals surface area contributed by atoms with Crippen molar-refractivity contribution in [3.8, 4) is 0 Å². The summed E-state index contributed by atoms with van der Waals surface area (Å²) in [7, 11) is 0. The highest BCUT2D eigenvalue weighted by Gasteiger charge is 1.97. The first-order valence-corrected chi connectivity index (χ1v) is 3.84. The van der Waals surface area contributed by atoms with Crippen LogP contribution in [-0.2, 0) is 0 Å². The summed E-state index contributed by atoms with van der Waals surface area (Å²) >= 11 is 0. The van der Waals surface area contributed by atoms with Gasteiger partial charge in [-0.25, -0.2) is 4.99 Å². The predicted octanol–water partition coefficient (Wildman–Crippen LogP) is 2.30. The Morgan fingerprint density at radius 1 is 1.20 bits per heavy atom. The second-order valence-corrected chi connectivity index (χ2v) is 2.03. The topological polar surface area (TPSA) is 24.7 Å². The summed E-state index contributed by atoms with van der Waals surface area (Å²) in [4.78, 5) is 8.26. The summed E-state index contributed by atoms with van der Waals surface area (Å²) < 4.78 is 0.